The van der Waals surface area contributed by atoms with Gasteiger partial charge >= 0.3 is 0 Å². The van der Waals surface area contributed by atoms with Crippen LogP contribution in [-0.2, 0) is 4.79 Å². The molecule has 1 amide bonds. The Bertz CT molecular complexity index is 660. The molecule has 2 aromatic carbocycles. The van der Waals surface area contributed by atoms with Gasteiger partial charge in [-0.05, 0) is 52.3 Å². The number of ether oxygens (including phenoxy) is 1. The second-order valence-electron chi connectivity index (χ2n) is 4.18. The first-order valence-corrected chi connectivity index (χ1v) is 7.43. The number of nitrogens with two attached hydrogens (primary N) is 1. The van der Waals surface area contributed by atoms with Gasteiger partial charge in [-0.1, -0.05) is 23.2 Å². The highest BCUT2D eigenvalue weighted by molar-refractivity contribution is 9.10. The number of nitrogens with one attached hydrogen (secondary N) is 1. The van der Waals surface area contributed by atoms with E-state index in [2.05, 4.69) is 21.2 Å². The predicted molar refractivity (Wildman–Crippen MR) is 89.1 cm³/mol. The fraction of sp³-hybridized carbons (Fsp3) is 0.0714. The summed E-state index contributed by atoms with van der Waals surface area (Å²) in [7, 11) is 0. The molecule has 0 bridgehead atoms. The number of amides is 1. The molecule has 0 unspecified atom stereocenters. The van der Waals surface area contributed by atoms with E-state index in [1.54, 1.807) is 36.4 Å². The van der Waals surface area contributed by atoms with Gasteiger partial charge in [-0.15, -0.1) is 0 Å². The highest BCUT2D eigenvalue weighted by Crippen LogP contribution is 2.25. The largest absolute Gasteiger partial charge is 0.484 e. The molecule has 0 aliphatic carbocycles. The van der Waals surface area contributed by atoms with E-state index in [0.29, 0.717) is 31.6 Å². The van der Waals surface area contributed by atoms with Crippen molar-refractivity contribution in [3.8, 4) is 5.75 Å². The number of benzene rings is 2. The molecule has 21 heavy (non-hydrogen) atoms. The molecule has 4 nitrogen and oxygen atoms in total. The molecule has 2 rings (SSSR count). The molecule has 3 N–H and O–H groups in total. The van der Waals surface area contributed by atoms with Crippen molar-refractivity contribution in [1.29, 1.82) is 0 Å². The molecule has 0 atom stereocenters. The van der Waals surface area contributed by atoms with Crippen LogP contribution in [0.5, 0.6) is 5.75 Å². The number of hydrogen-bond acceptors (Lipinski definition) is 3. The zero-order valence-electron chi connectivity index (χ0n) is 10.7. The molecule has 0 saturated heterocycles. The van der Waals surface area contributed by atoms with Crippen LogP contribution in [0.3, 0.4) is 0 Å². The zero-order valence-corrected chi connectivity index (χ0v) is 13.8. The topological polar surface area (TPSA) is 64.3 Å². The summed E-state index contributed by atoms with van der Waals surface area (Å²) in [5, 5.41) is 3.59. The summed E-state index contributed by atoms with van der Waals surface area (Å²) in [6.45, 7) is -0.159. The van der Waals surface area contributed by atoms with E-state index in [0.717, 1.165) is 0 Å². The summed E-state index contributed by atoms with van der Waals surface area (Å²) in [6, 6.07) is 9.85. The molecule has 0 aliphatic heterocycles. The van der Waals surface area contributed by atoms with Crippen LogP contribution in [-0.4, -0.2) is 12.5 Å². The fourth-order valence-electron chi connectivity index (χ4n) is 1.58. The van der Waals surface area contributed by atoms with Crippen LogP contribution in [0.15, 0.2) is 40.9 Å². The quantitative estimate of drug-likeness (QED) is 0.763. The maximum absolute atomic E-state index is 11.8. The third kappa shape index (κ3) is 4.81. The maximum atomic E-state index is 11.8. The molecule has 7 heteroatoms. The summed E-state index contributed by atoms with van der Waals surface area (Å²) in [5.74, 6) is 0.121. The van der Waals surface area contributed by atoms with E-state index in [9.17, 15) is 4.79 Å². The van der Waals surface area contributed by atoms with E-state index >= 15 is 0 Å². The molecule has 0 saturated carbocycles. The zero-order chi connectivity index (χ0) is 15.4. The second-order valence-corrected chi connectivity index (χ2v) is 5.91. The van der Waals surface area contributed by atoms with E-state index in [4.69, 9.17) is 33.7 Å². The Morgan fingerprint density at radius 3 is 2.48 bits per heavy atom. The number of halogens is 3. The van der Waals surface area contributed by atoms with Crippen molar-refractivity contribution < 1.29 is 9.53 Å². The van der Waals surface area contributed by atoms with E-state index in [1.807, 2.05) is 0 Å². The molecule has 110 valence electrons. The van der Waals surface area contributed by atoms with Gasteiger partial charge < -0.3 is 15.8 Å². The van der Waals surface area contributed by atoms with Crippen LogP contribution in [0, 0.1) is 0 Å². The van der Waals surface area contributed by atoms with Crippen molar-refractivity contribution in [3.63, 3.8) is 0 Å². The highest BCUT2D eigenvalue weighted by atomic mass is 79.9. The lowest BCUT2D eigenvalue weighted by atomic mass is 10.3. The van der Waals surface area contributed by atoms with Crippen molar-refractivity contribution in [1.82, 2.24) is 0 Å². The van der Waals surface area contributed by atoms with Crippen LogP contribution in [0.1, 0.15) is 0 Å². The first-order valence-electron chi connectivity index (χ1n) is 5.88. The summed E-state index contributed by atoms with van der Waals surface area (Å²) in [4.78, 5) is 11.8. The minimum absolute atomic E-state index is 0.159. The SMILES string of the molecule is Nc1ccc(NC(=O)COc2cc(Cl)cc(Cl)c2)c(Br)c1. The summed E-state index contributed by atoms with van der Waals surface area (Å²) < 4.78 is 6.04. The number of nitrogen functional groups attached to an aromatic ring is 1. The van der Waals surface area contributed by atoms with Crippen LogP contribution >= 0.6 is 39.1 Å². The third-order valence-corrected chi connectivity index (χ3v) is 3.57. The number of carbonyl (C=O) groups excluding carboxylic acids is 1. The average molecular weight is 390 g/mol. The van der Waals surface area contributed by atoms with Gasteiger partial charge in [0.15, 0.2) is 6.61 Å². The van der Waals surface area contributed by atoms with Crippen molar-refractivity contribution in [2.75, 3.05) is 17.7 Å². The molecule has 2 aromatic rings. The van der Waals surface area contributed by atoms with Crippen LogP contribution in [0.4, 0.5) is 11.4 Å². The first kappa shape index (κ1) is 15.9. The van der Waals surface area contributed by atoms with Crippen molar-refractivity contribution >= 4 is 56.4 Å². The molecular weight excluding hydrogens is 379 g/mol. The predicted octanol–water partition coefficient (Wildman–Crippen LogP) is 4.36. The Hall–Kier alpha value is -1.43. The standard InChI is InChI=1S/C14H11BrCl2N2O2/c15-12-6-10(18)1-2-13(12)19-14(20)7-21-11-4-8(16)3-9(17)5-11/h1-6H,7,18H2,(H,19,20). The van der Waals surface area contributed by atoms with E-state index < -0.39 is 0 Å². The number of carbonyl (C=O) groups is 1. The normalized spacial score (nSPS) is 10.2. The van der Waals surface area contributed by atoms with Crippen molar-refractivity contribution in [3.05, 3.63) is 50.9 Å². The lowest BCUT2D eigenvalue weighted by molar-refractivity contribution is -0.118. The Morgan fingerprint density at radius 2 is 1.86 bits per heavy atom. The summed E-state index contributed by atoms with van der Waals surface area (Å²) in [5.41, 5.74) is 6.84. The smallest absolute Gasteiger partial charge is 0.262 e. The highest BCUT2D eigenvalue weighted by Gasteiger charge is 2.07. The van der Waals surface area contributed by atoms with Gasteiger partial charge in [-0.25, -0.2) is 0 Å². The minimum atomic E-state index is -0.309. The Morgan fingerprint density at radius 1 is 1.19 bits per heavy atom. The van der Waals surface area contributed by atoms with Gasteiger partial charge in [0.1, 0.15) is 5.75 Å². The van der Waals surface area contributed by atoms with Crippen molar-refractivity contribution in [2.24, 2.45) is 0 Å². The summed E-state index contributed by atoms with van der Waals surface area (Å²) in [6.07, 6.45) is 0. The fourth-order valence-corrected chi connectivity index (χ4v) is 2.58. The molecule has 0 heterocycles. The molecular formula is C14H11BrCl2N2O2. The van der Waals surface area contributed by atoms with Gasteiger partial charge in [0.05, 0.1) is 5.69 Å². The van der Waals surface area contributed by atoms with Gasteiger partial charge in [0, 0.05) is 20.2 Å². The summed E-state index contributed by atoms with van der Waals surface area (Å²) >= 11 is 15.0. The Labute approximate surface area is 140 Å². The lowest BCUT2D eigenvalue weighted by Gasteiger charge is -2.10. The van der Waals surface area contributed by atoms with E-state index in [-0.39, 0.29) is 12.5 Å². The first-order chi connectivity index (χ1) is 9.94. The second kappa shape index (κ2) is 7.02. The number of hydrogen-bond donors (Lipinski definition) is 2. The van der Waals surface area contributed by atoms with Gasteiger partial charge in [-0.2, -0.15) is 0 Å². The van der Waals surface area contributed by atoms with Crippen molar-refractivity contribution in [2.45, 2.75) is 0 Å². The molecule has 0 fully saturated rings. The number of anilines is 2. The van der Waals surface area contributed by atoms with Crippen LogP contribution < -0.4 is 15.8 Å². The van der Waals surface area contributed by atoms with Gasteiger partial charge in [-0.3, -0.25) is 4.79 Å². The van der Waals surface area contributed by atoms with Crippen LogP contribution in [0.2, 0.25) is 10.0 Å². The third-order valence-electron chi connectivity index (χ3n) is 2.47. The van der Waals surface area contributed by atoms with Crippen LogP contribution in [0.25, 0.3) is 0 Å². The minimum Gasteiger partial charge on any atom is -0.484 e. The Balaban J connectivity index is 1.95. The molecule has 0 radical (unpaired) electrons. The molecule has 0 spiro atoms. The van der Waals surface area contributed by atoms with Gasteiger partial charge in [0.25, 0.3) is 5.91 Å². The van der Waals surface area contributed by atoms with E-state index in [1.165, 1.54) is 0 Å². The molecule has 0 aliphatic rings. The lowest BCUT2D eigenvalue weighted by Crippen LogP contribution is -2.20. The monoisotopic (exact) mass is 388 g/mol. The Kier molecular flexibility index (Phi) is 5.33. The average Bonchev–Trinajstić information content (AvgIpc) is 2.39. The maximum Gasteiger partial charge on any atom is 0.262 e. The number of rotatable bonds is 4. The van der Waals surface area contributed by atoms with Gasteiger partial charge in [0.2, 0.25) is 0 Å². The molecule has 0 aromatic heterocycles.